The number of carboxylic acids is 1. The summed E-state index contributed by atoms with van der Waals surface area (Å²) in [6.07, 6.45) is 2.67. The number of ether oxygens (including phenoxy) is 1. The highest BCUT2D eigenvalue weighted by Crippen LogP contribution is 2.20. The Morgan fingerprint density at radius 3 is 2.14 bits per heavy atom. The van der Waals surface area contributed by atoms with Crippen molar-refractivity contribution < 1.29 is 27.8 Å². The van der Waals surface area contributed by atoms with Crippen molar-refractivity contribution in [2.24, 2.45) is 0 Å². The maximum absolute atomic E-state index is 10.6. The molecule has 43 heavy (non-hydrogen) atoms. The van der Waals surface area contributed by atoms with Crippen LogP contribution in [0.2, 0.25) is 0 Å². The van der Waals surface area contributed by atoms with Gasteiger partial charge in [-0.3, -0.25) is 4.90 Å². The second-order valence-electron chi connectivity index (χ2n) is 10.4. The monoisotopic (exact) mass is 605 g/mol. The normalized spacial score (nSPS) is 17.3. The fraction of sp³-hybridized carbons (Fsp3) is 0.536. The molecular weight excluding hydrogens is 567 g/mol. The molecule has 2 aliphatic heterocycles. The number of rotatable bonds is 8. The predicted molar refractivity (Wildman–Crippen MR) is 155 cm³/mol. The van der Waals surface area contributed by atoms with Crippen LogP contribution in [-0.4, -0.2) is 105 Å². The minimum atomic E-state index is -5.08. The maximum atomic E-state index is 10.6. The summed E-state index contributed by atoms with van der Waals surface area (Å²) in [5.41, 5.74) is 1.38. The summed E-state index contributed by atoms with van der Waals surface area (Å²) in [5, 5.41) is 10.6. The zero-order chi connectivity index (χ0) is 30.7. The Kier molecular flexibility index (Phi) is 11.5. The largest absolute Gasteiger partial charge is 0.490 e. The number of aromatic nitrogens is 5. The lowest BCUT2D eigenvalue weighted by molar-refractivity contribution is -0.192. The van der Waals surface area contributed by atoms with Gasteiger partial charge in [0.15, 0.2) is 0 Å². The molecule has 0 radical (unpaired) electrons. The molecule has 0 aliphatic carbocycles. The summed E-state index contributed by atoms with van der Waals surface area (Å²) in [6, 6.07) is 10.9. The number of hydrogen-bond acceptors (Lipinski definition) is 10. The molecule has 4 heterocycles. The zero-order valence-electron chi connectivity index (χ0n) is 24.2. The van der Waals surface area contributed by atoms with Crippen LogP contribution in [-0.2, 0) is 22.6 Å². The second-order valence-corrected chi connectivity index (χ2v) is 10.4. The second kappa shape index (κ2) is 15.5. The van der Waals surface area contributed by atoms with Crippen molar-refractivity contribution >= 4 is 23.8 Å². The van der Waals surface area contributed by atoms with Gasteiger partial charge in [0.2, 0.25) is 17.8 Å². The first-order chi connectivity index (χ1) is 20.7. The minimum absolute atomic E-state index is 0.144. The summed E-state index contributed by atoms with van der Waals surface area (Å²) in [7, 11) is 0. The third-order valence-corrected chi connectivity index (χ3v) is 6.90. The first kappa shape index (κ1) is 31.9. The first-order valence-corrected chi connectivity index (χ1v) is 14.3. The maximum Gasteiger partial charge on any atom is 0.490 e. The Bertz CT molecular complexity index is 1250. The third kappa shape index (κ3) is 10.4. The van der Waals surface area contributed by atoms with Crippen molar-refractivity contribution in [3.8, 4) is 0 Å². The summed E-state index contributed by atoms with van der Waals surface area (Å²) >= 11 is 0. The van der Waals surface area contributed by atoms with E-state index in [0.29, 0.717) is 19.2 Å². The van der Waals surface area contributed by atoms with Crippen molar-refractivity contribution in [3.63, 3.8) is 0 Å². The van der Waals surface area contributed by atoms with Crippen LogP contribution in [0.1, 0.15) is 25.3 Å². The molecule has 234 valence electrons. The van der Waals surface area contributed by atoms with E-state index in [4.69, 9.17) is 29.6 Å². The number of imidazole rings is 1. The van der Waals surface area contributed by atoms with Gasteiger partial charge >= 0.3 is 12.1 Å². The van der Waals surface area contributed by atoms with E-state index in [-0.39, 0.29) is 6.04 Å². The number of halogens is 3. The van der Waals surface area contributed by atoms with Crippen LogP contribution >= 0.6 is 0 Å². The molecule has 0 amide bonds. The van der Waals surface area contributed by atoms with Crippen LogP contribution in [0, 0.1) is 0 Å². The highest BCUT2D eigenvalue weighted by atomic mass is 19.4. The molecule has 5 rings (SSSR count). The van der Waals surface area contributed by atoms with Crippen molar-refractivity contribution in [2.75, 3.05) is 67.6 Å². The summed E-state index contributed by atoms with van der Waals surface area (Å²) < 4.78 is 39.3. The molecule has 2 aliphatic rings. The van der Waals surface area contributed by atoms with E-state index in [9.17, 15) is 13.2 Å². The average Bonchev–Trinajstić information content (AvgIpc) is 3.48. The van der Waals surface area contributed by atoms with Crippen LogP contribution in [0.3, 0.4) is 0 Å². The number of aliphatic carboxylic acids is 1. The number of benzene rings is 1. The molecule has 2 saturated heterocycles. The topological polar surface area (TPSA) is 125 Å². The molecule has 1 unspecified atom stereocenters. The van der Waals surface area contributed by atoms with Crippen molar-refractivity contribution in [1.29, 1.82) is 0 Å². The molecule has 3 aromatic rings. The van der Waals surface area contributed by atoms with Crippen molar-refractivity contribution in [3.05, 3.63) is 54.6 Å². The van der Waals surface area contributed by atoms with E-state index < -0.39 is 12.1 Å². The van der Waals surface area contributed by atoms with E-state index in [2.05, 4.69) is 66.8 Å². The van der Waals surface area contributed by atoms with E-state index in [1.807, 2.05) is 12.5 Å². The number of anilines is 3. The minimum Gasteiger partial charge on any atom is -0.475 e. The number of hydrogen-bond donors (Lipinski definition) is 2. The van der Waals surface area contributed by atoms with Gasteiger partial charge < -0.3 is 29.5 Å². The lowest BCUT2D eigenvalue weighted by atomic mass is 10.2. The number of carbonyl (C=O) groups is 1. The van der Waals surface area contributed by atoms with Gasteiger partial charge in [-0.25, -0.2) is 9.78 Å². The fourth-order valence-corrected chi connectivity index (χ4v) is 4.84. The summed E-state index contributed by atoms with van der Waals surface area (Å²) in [5.74, 6) is -0.636. The Balaban J connectivity index is 0.000000541. The summed E-state index contributed by atoms with van der Waals surface area (Å²) in [4.78, 5) is 34.7. The van der Waals surface area contributed by atoms with Gasteiger partial charge in [-0.1, -0.05) is 30.3 Å². The van der Waals surface area contributed by atoms with Gasteiger partial charge in [0.1, 0.15) is 0 Å². The van der Waals surface area contributed by atoms with E-state index in [1.165, 1.54) is 5.56 Å². The van der Waals surface area contributed by atoms with Gasteiger partial charge in [0, 0.05) is 70.8 Å². The molecule has 15 heteroatoms. The lowest BCUT2D eigenvalue weighted by Crippen LogP contribution is -2.39. The first-order valence-electron chi connectivity index (χ1n) is 14.3. The SMILES string of the molecule is CC(Cn1ccnc1)Nc1nc(N2CCCN(Cc3ccccc3)CCC2)nc(N2CCOCC2)n1.O=C(O)C(F)(F)F. The smallest absolute Gasteiger partial charge is 0.475 e. The highest BCUT2D eigenvalue weighted by molar-refractivity contribution is 5.73. The lowest BCUT2D eigenvalue weighted by Gasteiger charge is -2.32. The number of alkyl halides is 3. The van der Waals surface area contributed by atoms with E-state index in [0.717, 1.165) is 77.1 Å². The van der Waals surface area contributed by atoms with Crippen molar-refractivity contribution in [1.82, 2.24) is 29.4 Å². The molecule has 2 fully saturated rings. The molecule has 0 bridgehead atoms. The van der Waals surface area contributed by atoms with Gasteiger partial charge in [0.05, 0.1) is 19.5 Å². The fourth-order valence-electron chi connectivity index (χ4n) is 4.84. The zero-order valence-corrected chi connectivity index (χ0v) is 24.2. The van der Waals surface area contributed by atoms with E-state index >= 15 is 0 Å². The van der Waals surface area contributed by atoms with Gasteiger partial charge in [0.25, 0.3) is 0 Å². The van der Waals surface area contributed by atoms with Gasteiger partial charge in [-0.15, -0.1) is 0 Å². The number of carboxylic acid groups (broad SMARTS) is 1. The Morgan fingerprint density at radius 1 is 0.977 bits per heavy atom. The molecule has 0 saturated carbocycles. The standard InChI is InChI=1S/C26H37N9O.C2HF3O2/c1-22(19-33-14-9-27-21-33)28-24-29-25(31-26(30-24)35-15-17-36-18-16-35)34-12-5-10-32(11-6-13-34)20-23-7-3-2-4-8-23;3-2(4,5)1(6)7/h2-4,7-9,14,21-22H,5-6,10-13,15-20H2,1H3,(H,28,29,30,31);(H,6,7). The average molecular weight is 606 g/mol. The van der Waals surface area contributed by atoms with Crippen LogP contribution in [0.4, 0.5) is 31.0 Å². The predicted octanol–water partition coefficient (Wildman–Crippen LogP) is 3.14. The summed E-state index contributed by atoms with van der Waals surface area (Å²) in [6.45, 7) is 10.9. The Hall–Kier alpha value is -3.98. The molecule has 1 aromatic carbocycles. The number of morpholine rings is 1. The van der Waals surface area contributed by atoms with Crippen LogP contribution in [0.5, 0.6) is 0 Å². The Morgan fingerprint density at radius 2 is 1.58 bits per heavy atom. The molecule has 0 spiro atoms. The van der Waals surface area contributed by atoms with Crippen LogP contribution < -0.4 is 15.1 Å². The van der Waals surface area contributed by atoms with Gasteiger partial charge in [-0.05, 0) is 25.3 Å². The quantitative estimate of drug-likeness (QED) is 0.394. The molecular formula is C28H38F3N9O3. The molecule has 1 atom stereocenters. The Labute approximate surface area is 248 Å². The van der Waals surface area contributed by atoms with Crippen LogP contribution in [0.15, 0.2) is 49.1 Å². The molecule has 12 nitrogen and oxygen atoms in total. The van der Waals surface area contributed by atoms with Gasteiger partial charge in [-0.2, -0.15) is 28.1 Å². The third-order valence-electron chi connectivity index (χ3n) is 6.90. The number of nitrogens with zero attached hydrogens (tertiary/aromatic N) is 8. The molecule has 2 aromatic heterocycles. The molecule has 2 N–H and O–H groups in total. The number of nitrogens with one attached hydrogen (secondary N) is 1. The van der Waals surface area contributed by atoms with Crippen molar-refractivity contribution in [2.45, 2.75) is 45.1 Å². The highest BCUT2D eigenvalue weighted by Gasteiger charge is 2.38. The van der Waals surface area contributed by atoms with E-state index in [1.54, 1.807) is 6.20 Å². The van der Waals surface area contributed by atoms with Crippen LogP contribution in [0.25, 0.3) is 0 Å².